The van der Waals surface area contributed by atoms with Crippen LogP contribution in [0.5, 0.6) is 0 Å². The molecule has 0 saturated carbocycles. The zero-order valence-corrected chi connectivity index (χ0v) is 11.6. The number of rotatable bonds is 5. The van der Waals surface area contributed by atoms with Gasteiger partial charge in [0.1, 0.15) is 5.84 Å². The molecule has 1 aliphatic heterocycles. The maximum atomic E-state index is 12.0. The molecule has 0 saturated heterocycles. The summed E-state index contributed by atoms with van der Waals surface area (Å²) in [5.41, 5.74) is 1.91. The lowest BCUT2D eigenvalue weighted by Gasteiger charge is -2.13. The van der Waals surface area contributed by atoms with Gasteiger partial charge in [0.15, 0.2) is 0 Å². The SMILES string of the molecule is CCC(CC)C(=O)Nc1ccc(C2=NCCN2)cc1. The maximum absolute atomic E-state index is 12.0. The minimum absolute atomic E-state index is 0.0977. The van der Waals surface area contributed by atoms with E-state index in [9.17, 15) is 4.79 Å². The van der Waals surface area contributed by atoms with E-state index in [0.29, 0.717) is 0 Å². The average Bonchev–Trinajstić information content (AvgIpc) is 2.95. The van der Waals surface area contributed by atoms with Crippen molar-refractivity contribution in [1.29, 1.82) is 0 Å². The average molecular weight is 259 g/mol. The van der Waals surface area contributed by atoms with Gasteiger partial charge in [0.2, 0.25) is 5.91 Å². The van der Waals surface area contributed by atoms with Gasteiger partial charge in [0.25, 0.3) is 0 Å². The number of anilines is 1. The van der Waals surface area contributed by atoms with E-state index in [2.05, 4.69) is 15.6 Å². The largest absolute Gasteiger partial charge is 0.368 e. The Bertz CT molecular complexity index is 461. The molecule has 102 valence electrons. The third-order valence-electron chi connectivity index (χ3n) is 3.46. The van der Waals surface area contributed by atoms with E-state index in [1.165, 1.54) is 0 Å². The summed E-state index contributed by atoms with van der Waals surface area (Å²) in [5, 5.41) is 6.19. The van der Waals surface area contributed by atoms with Gasteiger partial charge in [-0.15, -0.1) is 0 Å². The predicted molar refractivity (Wildman–Crippen MR) is 78.6 cm³/mol. The Morgan fingerprint density at radius 3 is 2.53 bits per heavy atom. The number of amidine groups is 1. The van der Waals surface area contributed by atoms with Crippen LogP contribution in [0, 0.1) is 5.92 Å². The summed E-state index contributed by atoms with van der Waals surface area (Å²) in [6.07, 6.45) is 1.75. The number of hydrogen-bond donors (Lipinski definition) is 2. The van der Waals surface area contributed by atoms with Crippen molar-refractivity contribution in [1.82, 2.24) is 5.32 Å². The van der Waals surface area contributed by atoms with Crippen LogP contribution in [0.15, 0.2) is 29.3 Å². The highest BCUT2D eigenvalue weighted by Crippen LogP contribution is 2.14. The summed E-state index contributed by atoms with van der Waals surface area (Å²) in [7, 11) is 0. The summed E-state index contributed by atoms with van der Waals surface area (Å²) in [6.45, 7) is 5.83. The summed E-state index contributed by atoms with van der Waals surface area (Å²) < 4.78 is 0. The van der Waals surface area contributed by atoms with Gasteiger partial charge in [0, 0.05) is 23.7 Å². The number of benzene rings is 1. The van der Waals surface area contributed by atoms with Gasteiger partial charge in [0.05, 0.1) is 6.54 Å². The first-order chi connectivity index (χ1) is 9.24. The monoisotopic (exact) mass is 259 g/mol. The van der Waals surface area contributed by atoms with E-state index in [1.807, 2.05) is 38.1 Å². The third kappa shape index (κ3) is 3.34. The lowest BCUT2D eigenvalue weighted by atomic mass is 10.0. The molecule has 0 bridgehead atoms. The highest BCUT2D eigenvalue weighted by Gasteiger charge is 2.14. The molecule has 0 aliphatic carbocycles. The van der Waals surface area contributed by atoms with Gasteiger partial charge in [-0.25, -0.2) is 0 Å². The van der Waals surface area contributed by atoms with Crippen LogP contribution in [0.4, 0.5) is 5.69 Å². The van der Waals surface area contributed by atoms with Crippen molar-refractivity contribution in [3.63, 3.8) is 0 Å². The Morgan fingerprint density at radius 2 is 2.00 bits per heavy atom. The van der Waals surface area contributed by atoms with Crippen molar-refractivity contribution < 1.29 is 4.79 Å². The Labute approximate surface area is 114 Å². The molecule has 0 aromatic heterocycles. The highest BCUT2D eigenvalue weighted by molar-refractivity contribution is 6.00. The van der Waals surface area contributed by atoms with Crippen molar-refractivity contribution in [2.24, 2.45) is 10.9 Å². The van der Waals surface area contributed by atoms with Crippen molar-refractivity contribution in [3.05, 3.63) is 29.8 Å². The minimum atomic E-state index is 0.0977. The second-order valence-electron chi connectivity index (χ2n) is 4.74. The van der Waals surface area contributed by atoms with E-state index >= 15 is 0 Å². The second-order valence-corrected chi connectivity index (χ2v) is 4.74. The zero-order valence-electron chi connectivity index (χ0n) is 11.6. The number of carbonyl (C=O) groups excluding carboxylic acids is 1. The molecule has 0 radical (unpaired) electrons. The summed E-state index contributed by atoms with van der Waals surface area (Å²) in [4.78, 5) is 16.3. The van der Waals surface area contributed by atoms with E-state index in [4.69, 9.17) is 0 Å². The highest BCUT2D eigenvalue weighted by atomic mass is 16.1. The zero-order chi connectivity index (χ0) is 13.7. The van der Waals surface area contributed by atoms with Crippen molar-refractivity contribution in [2.45, 2.75) is 26.7 Å². The molecule has 1 aliphatic rings. The summed E-state index contributed by atoms with van der Waals surface area (Å²) in [6, 6.07) is 7.83. The Hall–Kier alpha value is -1.84. The Balaban J connectivity index is 2.00. The molecule has 1 aromatic rings. The minimum Gasteiger partial charge on any atom is -0.368 e. The number of nitrogens with zero attached hydrogens (tertiary/aromatic N) is 1. The van der Waals surface area contributed by atoms with Gasteiger partial charge in [-0.1, -0.05) is 13.8 Å². The number of hydrogen-bond acceptors (Lipinski definition) is 3. The molecule has 0 fully saturated rings. The predicted octanol–water partition coefficient (Wildman–Crippen LogP) is 2.41. The smallest absolute Gasteiger partial charge is 0.227 e. The molecule has 2 N–H and O–H groups in total. The summed E-state index contributed by atoms with van der Waals surface area (Å²) >= 11 is 0. The number of amides is 1. The molecule has 0 unspecified atom stereocenters. The van der Waals surface area contributed by atoms with Crippen LogP contribution in [0.3, 0.4) is 0 Å². The summed E-state index contributed by atoms with van der Waals surface area (Å²) in [5.74, 6) is 1.15. The standard InChI is InChI=1S/C15H21N3O/c1-3-11(4-2)15(19)18-13-7-5-12(6-8-13)14-16-9-10-17-14/h5-8,11H,3-4,9-10H2,1-2H3,(H,16,17)(H,18,19). The topological polar surface area (TPSA) is 53.5 Å². The molecule has 4 heteroatoms. The lowest BCUT2D eigenvalue weighted by molar-refractivity contribution is -0.120. The molecular formula is C15H21N3O. The molecular weight excluding hydrogens is 238 g/mol. The van der Waals surface area contributed by atoms with Crippen LogP contribution in [0.25, 0.3) is 0 Å². The first kappa shape index (κ1) is 13.6. The van der Waals surface area contributed by atoms with E-state index < -0.39 is 0 Å². The van der Waals surface area contributed by atoms with Crippen LogP contribution in [-0.2, 0) is 4.79 Å². The Morgan fingerprint density at radius 1 is 1.32 bits per heavy atom. The van der Waals surface area contributed by atoms with Crippen molar-refractivity contribution in [3.8, 4) is 0 Å². The maximum Gasteiger partial charge on any atom is 0.227 e. The van der Waals surface area contributed by atoms with Gasteiger partial charge >= 0.3 is 0 Å². The molecule has 1 amide bonds. The fourth-order valence-corrected chi connectivity index (χ4v) is 2.21. The normalized spacial score (nSPS) is 14.2. The number of carbonyl (C=O) groups is 1. The first-order valence-corrected chi connectivity index (χ1v) is 6.94. The molecule has 2 rings (SSSR count). The van der Waals surface area contributed by atoms with Crippen LogP contribution in [-0.4, -0.2) is 24.8 Å². The quantitative estimate of drug-likeness (QED) is 0.853. The van der Waals surface area contributed by atoms with E-state index in [-0.39, 0.29) is 11.8 Å². The van der Waals surface area contributed by atoms with E-state index in [1.54, 1.807) is 0 Å². The van der Waals surface area contributed by atoms with Gasteiger partial charge in [-0.3, -0.25) is 9.79 Å². The van der Waals surface area contributed by atoms with Gasteiger partial charge < -0.3 is 10.6 Å². The molecule has 1 heterocycles. The lowest BCUT2D eigenvalue weighted by Crippen LogP contribution is -2.22. The van der Waals surface area contributed by atoms with E-state index in [0.717, 1.165) is 43.0 Å². The molecule has 1 aromatic carbocycles. The molecule has 4 nitrogen and oxygen atoms in total. The fourth-order valence-electron chi connectivity index (χ4n) is 2.21. The first-order valence-electron chi connectivity index (χ1n) is 6.94. The molecule has 0 atom stereocenters. The van der Waals surface area contributed by atoms with Crippen LogP contribution in [0.2, 0.25) is 0 Å². The van der Waals surface area contributed by atoms with Crippen molar-refractivity contribution in [2.75, 3.05) is 18.4 Å². The van der Waals surface area contributed by atoms with Crippen LogP contribution < -0.4 is 10.6 Å². The van der Waals surface area contributed by atoms with Gasteiger partial charge in [-0.2, -0.15) is 0 Å². The molecule has 0 spiro atoms. The Kier molecular flexibility index (Phi) is 4.55. The number of aliphatic imine (C=N–C) groups is 1. The van der Waals surface area contributed by atoms with Crippen LogP contribution in [0.1, 0.15) is 32.3 Å². The third-order valence-corrected chi connectivity index (χ3v) is 3.46. The van der Waals surface area contributed by atoms with Crippen LogP contribution >= 0.6 is 0 Å². The van der Waals surface area contributed by atoms with Gasteiger partial charge in [-0.05, 0) is 37.1 Å². The fraction of sp³-hybridized carbons (Fsp3) is 0.467. The van der Waals surface area contributed by atoms with Crippen molar-refractivity contribution >= 4 is 17.4 Å². The molecule has 19 heavy (non-hydrogen) atoms. The number of nitrogens with one attached hydrogen (secondary N) is 2. The second kappa shape index (κ2) is 6.36.